The minimum absolute atomic E-state index is 0.0478. The van der Waals surface area contributed by atoms with Crippen LogP contribution >= 0.6 is 0 Å². The van der Waals surface area contributed by atoms with Crippen LogP contribution in [-0.2, 0) is 4.79 Å². The first-order valence-electron chi connectivity index (χ1n) is 5.09. The fourth-order valence-electron chi connectivity index (χ4n) is 6.38. The Morgan fingerprint density at radius 1 is 1.17 bits per heavy atom. The van der Waals surface area contributed by atoms with E-state index in [-0.39, 0.29) is 11.3 Å². The summed E-state index contributed by atoms with van der Waals surface area (Å²) in [6, 6.07) is 0. The van der Waals surface area contributed by atoms with Crippen molar-refractivity contribution in [1.29, 1.82) is 0 Å². The van der Waals surface area contributed by atoms with Gasteiger partial charge in [0.1, 0.15) is 0 Å². The topological polar surface area (TPSA) is 43.1 Å². The summed E-state index contributed by atoms with van der Waals surface area (Å²) < 4.78 is 0. The Kier molecular flexibility index (Phi) is 0.443. The number of nitrogens with two attached hydrogens (primary N) is 1. The highest BCUT2D eigenvalue weighted by atomic mass is 16.1. The van der Waals surface area contributed by atoms with Crippen LogP contribution in [0.1, 0.15) is 6.42 Å². The fourth-order valence-corrected chi connectivity index (χ4v) is 6.38. The smallest absolute Gasteiger partial charge is 0.224 e. The highest BCUT2D eigenvalue weighted by Crippen LogP contribution is 2.99. The van der Waals surface area contributed by atoms with Gasteiger partial charge >= 0.3 is 0 Å². The SMILES string of the molecule is NC(=O)C12C3C4CC5C3C1C5C42. The lowest BCUT2D eigenvalue weighted by Gasteiger charge is -2.89. The normalized spacial score (nSPS) is 82.8. The predicted octanol–water partition coefficient (Wildman–Crippen LogP) is 0.230. The van der Waals surface area contributed by atoms with Crippen LogP contribution in [0.2, 0.25) is 0 Å². The van der Waals surface area contributed by atoms with E-state index < -0.39 is 0 Å². The molecule has 6 aliphatic carbocycles. The minimum atomic E-state index is 0.0478. The Bertz CT molecular complexity index is 326. The van der Waals surface area contributed by atoms with Crippen LogP contribution in [0.15, 0.2) is 0 Å². The first kappa shape index (κ1) is 5.25. The fraction of sp³-hybridized carbons (Fsp3) is 0.900. The number of carbonyl (C=O) groups is 1. The van der Waals surface area contributed by atoms with Crippen molar-refractivity contribution in [2.24, 2.45) is 52.6 Å². The first-order chi connectivity index (χ1) is 5.79. The van der Waals surface area contributed by atoms with Crippen LogP contribution in [0.25, 0.3) is 0 Å². The van der Waals surface area contributed by atoms with E-state index >= 15 is 0 Å². The number of rotatable bonds is 1. The van der Waals surface area contributed by atoms with Crippen molar-refractivity contribution in [3.05, 3.63) is 0 Å². The van der Waals surface area contributed by atoms with Crippen LogP contribution in [0.4, 0.5) is 0 Å². The van der Waals surface area contributed by atoms with E-state index in [1.165, 1.54) is 6.42 Å². The molecule has 1 amide bonds. The molecule has 2 heteroatoms. The van der Waals surface area contributed by atoms with Gasteiger partial charge in [-0.05, 0) is 47.8 Å². The number of carbonyl (C=O) groups excluding carboxylic acids is 1. The molecule has 0 aromatic carbocycles. The third-order valence-electron chi connectivity index (χ3n) is 6.20. The zero-order valence-corrected chi connectivity index (χ0v) is 6.73. The van der Waals surface area contributed by atoms with Gasteiger partial charge in [-0.3, -0.25) is 4.79 Å². The van der Waals surface area contributed by atoms with Crippen molar-refractivity contribution in [3.8, 4) is 0 Å². The molecule has 0 spiro atoms. The Morgan fingerprint density at radius 3 is 2.33 bits per heavy atom. The average molecular weight is 161 g/mol. The van der Waals surface area contributed by atoms with Gasteiger partial charge in [0, 0.05) is 0 Å². The summed E-state index contributed by atoms with van der Waals surface area (Å²) in [6.45, 7) is 0. The number of hydrogen-bond donors (Lipinski definition) is 1. The summed E-state index contributed by atoms with van der Waals surface area (Å²) in [7, 11) is 0. The molecule has 2 bridgehead atoms. The average Bonchev–Trinajstić information content (AvgIpc) is 2.27. The molecule has 2 nitrogen and oxygen atoms in total. The van der Waals surface area contributed by atoms with Gasteiger partial charge in [0.05, 0.1) is 5.41 Å². The Hall–Kier alpha value is -0.530. The molecule has 6 fully saturated rings. The van der Waals surface area contributed by atoms with Crippen molar-refractivity contribution < 1.29 is 4.79 Å². The monoisotopic (exact) mass is 161 g/mol. The molecule has 6 rings (SSSR count). The molecule has 6 saturated carbocycles. The Morgan fingerprint density at radius 2 is 1.83 bits per heavy atom. The molecule has 62 valence electrons. The summed E-state index contributed by atoms with van der Waals surface area (Å²) in [6.07, 6.45) is 1.45. The molecule has 12 heavy (non-hydrogen) atoms. The van der Waals surface area contributed by atoms with E-state index in [2.05, 4.69) is 0 Å². The van der Waals surface area contributed by atoms with Gasteiger partial charge in [-0.2, -0.15) is 0 Å². The van der Waals surface area contributed by atoms with Crippen LogP contribution in [0.5, 0.6) is 0 Å². The molecule has 2 N–H and O–H groups in total. The molecule has 0 saturated heterocycles. The summed E-state index contributed by atoms with van der Waals surface area (Å²) in [5.74, 6) is 6.33. The van der Waals surface area contributed by atoms with Crippen molar-refractivity contribution in [2.75, 3.05) is 0 Å². The predicted molar refractivity (Wildman–Crippen MR) is 40.7 cm³/mol. The van der Waals surface area contributed by atoms with Crippen molar-refractivity contribution >= 4 is 5.91 Å². The third kappa shape index (κ3) is 0.192. The molecule has 0 radical (unpaired) electrons. The van der Waals surface area contributed by atoms with Gasteiger partial charge in [-0.1, -0.05) is 0 Å². The number of amides is 1. The summed E-state index contributed by atoms with van der Waals surface area (Å²) in [5.41, 5.74) is 5.61. The van der Waals surface area contributed by atoms with Crippen molar-refractivity contribution in [1.82, 2.24) is 0 Å². The van der Waals surface area contributed by atoms with E-state index in [1.807, 2.05) is 0 Å². The van der Waals surface area contributed by atoms with E-state index in [0.29, 0.717) is 0 Å². The second-order valence-electron chi connectivity index (χ2n) is 5.59. The van der Waals surface area contributed by atoms with Gasteiger partial charge in [0.15, 0.2) is 0 Å². The van der Waals surface area contributed by atoms with Gasteiger partial charge in [0.2, 0.25) is 5.91 Å². The van der Waals surface area contributed by atoms with E-state index in [9.17, 15) is 4.79 Å². The number of primary amides is 1. The van der Waals surface area contributed by atoms with E-state index in [1.54, 1.807) is 0 Å². The zero-order valence-electron chi connectivity index (χ0n) is 6.73. The van der Waals surface area contributed by atoms with Crippen LogP contribution in [-0.4, -0.2) is 5.91 Å². The second kappa shape index (κ2) is 1.01. The van der Waals surface area contributed by atoms with Gasteiger partial charge in [0.25, 0.3) is 0 Å². The molecule has 6 aliphatic rings. The van der Waals surface area contributed by atoms with Crippen LogP contribution in [0.3, 0.4) is 0 Å². The molecular formula is C10H11NO. The maximum atomic E-state index is 11.4. The Labute approximate surface area is 70.5 Å². The molecule has 0 heterocycles. The lowest BCUT2D eigenvalue weighted by atomic mass is 9.13. The summed E-state index contributed by atoms with van der Waals surface area (Å²) >= 11 is 0. The van der Waals surface area contributed by atoms with E-state index in [0.717, 1.165) is 41.4 Å². The maximum Gasteiger partial charge on any atom is 0.224 e. The maximum absolute atomic E-state index is 11.4. The van der Waals surface area contributed by atoms with Gasteiger partial charge in [-0.15, -0.1) is 0 Å². The molecule has 4 atom stereocenters. The van der Waals surface area contributed by atoms with Gasteiger partial charge in [-0.25, -0.2) is 0 Å². The summed E-state index contributed by atoms with van der Waals surface area (Å²) in [5, 5.41) is 0. The quantitative estimate of drug-likeness (QED) is 0.587. The summed E-state index contributed by atoms with van der Waals surface area (Å²) in [4.78, 5) is 11.4. The number of hydrogen-bond acceptors (Lipinski definition) is 1. The zero-order chi connectivity index (χ0) is 7.83. The molecule has 0 aromatic rings. The molecule has 4 unspecified atom stereocenters. The largest absolute Gasteiger partial charge is 0.369 e. The minimum Gasteiger partial charge on any atom is -0.369 e. The van der Waals surface area contributed by atoms with E-state index in [4.69, 9.17) is 5.73 Å². The second-order valence-corrected chi connectivity index (χ2v) is 5.59. The molecule has 0 aliphatic heterocycles. The van der Waals surface area contributed by atoms with Crippen LogP contribution in [0, 0.1) is 46.8 Å². The highest BCUT2D eigenvalue weighted by Gasteiger charge is 2.99. The van der Waals surface area contributed by atoms with Crippen molar-refractivity contribution in [3.63, 3.8) is 0 Å². The Balaban J connectivity index is 1.78. The highest BCUT2D eigenvalue weighted by molar-refractivity contribution is 5.88. The van der Waals surface area contributed by atoms with Crippen LogP contribution < -0.4 is 5.73 Å². The lowest BCUT2D eigenvalue weighted by Crippen LogP contribution is -2.91. The van der Waals surface area contributed by atoms with Crippen molar-refractivity contribution in [2.45, 2.75) is 6.42 Å². The molecular weight excluding hydrogens is 150 g/mol. The third-order valence-corrected chi connectivity index (χ3v) is 6.20. The lowest BCUT2D eigenvalue weighted by molar-refractivity contribution is -0.424. The molecule has 0 aromatic heterocycles. The first-order valence-corrected chi connectivity index (χ1v) is 5.09. The standard InChI is InChI=1S/C10H11NO/c11-9(12)10-6-3-1-2-4(6)8(10)5(2)7(3)10/h2-8H,1H2,(H2,11,12). The van der Waals surface area contributed by atoms with Gasteiger partial charge < -0.3 is 5.73 Å².